The molecule has 0 bridgehead atoms. The first-order valence-corrected chi connectivity index (χ1v) is 8.23. The predicted octanol–water partition coefficient (Wildman–Crippen LogP) is 4.28. The molecule has 0 fully saturated rings. The average molecular weight is 380 g/mol. The van der Waals surface area contributed by atoms with Crippen LogP contribution in [-0.2, 0) is 4.74 Å². The second kappa shape index (κ2) is 6.99. The zero-order valence-corrected chi connectivity index (χ0v) is 14.3. The smallest absolute Gasteiger partial charge is 0.340 e. The summed E-state index contributed by atoms with van der Waals surface area (Å²) in [6.07, 6.45) is -0.843. The number of hydrogen-bond donors (Lipinski definition) is 0. The molecule has 0 aliphatic heterocycles. The molecule has 0 amide bonds. The van der Waals surface area contributed by atoms with E-state index in [4.69, 9.17) is 20.8 Å². The molecule has 0 unspecified atom stereocenters. The largest absolute Gasteiger partial charge is 0.449 e. The Hall–Kier alpha value is -2.78. The van der Waals surface area contributed by atoms with Crippen molar-refractivity contribution in [2.24, 2.45) is 0 Å². The first-order valence-electron chi connectivity index (χ1n) is 6.98. The van der Waals surface area contributed by atoms with Gasteiger partial charge in [0.1, 0.15) is 0 Å². The molecule has 2 heterocycles. The van der Waals surface area contributed by atoms with Gasteiger partial charge in [-0.25, -0.2) is 4.79 Å². The van der Waals surface area contributed by atoms with Crippen molar-refractivity contribution < 1.29 is 18.9 Å². The molecular weight excluding hydrogens is 370 g/mol. The molecule has 0 aliphatic carbocycles. The molecule has 0 N–H and O–H groups in total. The number of nitrogens with zero attached hydrogens (tertiary/aromatic N) is 3. The fraction of sp³-hybridized carbons (Fsp3) is 0.133. The van der Waals surface area contributed by atoms with Crippen LogP contribution in [0.3, 0.4) is 0 Å². The SMILES string of the molecule is C[C@H](OC(=O)c1cc([N+](=O)[O-])ccc1Cl)c1nnc(-c2cccs2)o1. The van der Waals surface area contributed by atoms with Gasteiger partial charge in [-0.15, -0.1) is 21.5 Å². The van der Waals surface area contributed by atoms with E-state index in [2.05, 4.69) is 10.2 Å². The van der Waals surface area contributed by atoms with E-state index in [1.54, 1.807) is 6.92 Å². The van der Waals surface area contributed by atoms with Gasteiger partial charge in [-0.2, -0.15) is 0 Å². The highest BCUT2D eigenvalue weighted by atomic mass is 35.5. The van der Waals surface area contributed by atoms with Gasteiger partial charge in [0.25, 0.3) is 17.5 Å². The third-order valence-electron chi connectivity index (χ3n) is 3.18. The first-order chi connectivity index (χ1) is 12.0. The minimum Gasteiger partial charge on any atom is -0.449 e. The molecule has 3 rings (SSSR count). The van der Waals surface area contributed by atoms with Crippen molar-refractivity contribution in [3.05, 3.63) is 62.3 Å². The number of ether oxygens (including phenoxy) is 1. The Bertz CT molecular complexity index is 925. The Labute approximate surface area is 150 Å². The van der Waals surface area contributed by atoms with E-state index in [0.29, 0.717) is 5.89 Å². The third kappa shape index (κ3) is 3.67. The molecule has 128 valence electrons. The second-order valence-electron chi connectivity index (χ2n) is 4.89. The molecule has 10 heteroatoms. The van der Waals surface area contributed by atoms with Crippen molar-refractivity contribution in [3.63, 3.8) is 0 Å². The Morgan fingerprint density at radius 1 is 1.40 bits per heavy atom. The molecule has 0 spiro atoms. The van der Waals surface area contributed by atoms with Crippen molar-refractivity contribution in [3.8, 4) is 10.8 Å². The van der Waals surface area contributed by atoms with E-state index < -0.39 is 17.0 Å². The zero-order valence-electron chi connectivity index (χ0n) is 12.7. The summed E-state index contributed by atoms with van der Waals surface area (Å²) in [7, 11) is 0. The van der Waals surface area contributed by atoms with Gasteiger partial charge in [0.15, 0.2) is 6.10 Å². The van der Waals surface area contributed by atoms with Crippen LogP contribution in [-0.4, -0.2) is 21.1 Å². The van der Waals surface area contributed by atoms with Gasteiger partial charge in [-0.05, 0) is 24.4 Å². The van der Waals surface area contributed by atoms with Crippen LogP contribution in [0.2, 0.25) is 5.02 Å². The summed E-state index contributed by atoms with van der Waals surface area (Å²) in [6, 6.07) is 7.19. The molecule has 0 saturated carbocycles. The number of nitro benzene ring substituents is 1. The highest BCUT2D eigenvalue weighted by Gasteiger charge is 2.23. The number of esters is 1. The number of thiophene rings is 1. The predicted molar refractivity (Wildman–Crippen MR) is 89.5 cm³/mol. The lowest BCUT2D eigenvalue weighted by Gasteiger charge is -2.10. The fourth-order valence-electron chi connectivity index (χ4n) is 1.96. The third-order valence-corrected chi connectivity index (χ3v) is 4.37. The summed E-state index contributed by atoms with van der Waals surface area (Å²) in [5.41, 5.74) is -0.373. The molecule has 3 aromatic rings. The standard InChI is InChI=1S/C15H10ClN3O5S/c1-8(13-17-18-14(24-13)12-3-2-6-25-12)23-15(20)10-7-9(19(21)22)4-5-11(10)16/h2-8H,1H3/t8-/m0/s1. The van der Waals surface area contributed by atoms with Crippen LogP contribution in [0.1, 0.15) is 29.3 Å². The summed E-state index contributed by atoms with van der Waals surface area (Å²) in [4.78, 5) is 23.2. The quantitative estimate of drug-likeness (QED) is 0.369. The molecular formula is C15H10ClN3O5S. The summed E-state index contributed by atoms with van der Waals surface area (Å²) < 4.78 is 10.7. The van der Waals surface area contributed by atoms with Gasteiger partial charge in [-0.3, -0.25) is 10.1 Å². The van der Waals surface area contributed by atoms with Gasteiger partial charge in [-0.1, -0.05) is 17.7 Å². The lowest BCUT2D eigenvalue weighted by molar-refractivity contribution is -0.384. The van der Waals surface area contributed by atoms with Gasteiger partial charge < -0.3 is 9.15 Å². The molecule has 2 aromatic heterocycles. The number of hydrogen-bond acceptors (Lipinski definition) is 8. The van der Waals surface area contributed by atoms with Crippen molar-refractivity contribution in [2.75, 3.05) is 0 Å². The number of benzene rings is 1. The number of rotatable bonds is 5. The molecule has 0 aliphatic rings. The molecule has 1 aromatic carbocycles. The van der Waals surface area contributed by atoms with E-state index in [0.717, 1.165) is 10.9 Å². The van der Waals surface area contributed by atoms with E-state index in [-0.39, 0.29) is 22.2 Å². The van der Waals surface area contributed by atoms with Crippen molar-refractivity contribution >= 4 is 34.6 Å². The lowest BCUT2D eigenvalue weighted by atomic mass is 10.2. The molecule has 25 heavy (non-hydrogen) atoms. The fourth-order valence-corrected chi connectivity index (χ4v) is 2.80. The van der Waals surface area contributed by atoms with E-state index in [1.807, 2.05) is 17.5 Å². The summed E-state index contributed by atoms with van der Waals surface area (Å²) in [6.45, 7) is 1.55. The molecule has 0 radical (unpaired) electrons. The highest BCUT2D eigenvalue weighted by Crippen LogP contribution is 2.28. The maximum absolute atomic E-state index is 12.2. The highest BCUT2D eigenvalue weighted by molar-refractivity contribution is 7.13. The van der Waals surface area contributed by atoms with Gasteiger partial charge in [0.2, 0.25) is 0 Å². The number of nitro groups is 1. The Kier molecular flexibility index (Phi) is 4.77. The molecule has 0 saturated heterocycles. The number of carbonyl (C=O) groups excluding carboxylic acids is 1. The van der Waals surface area contributed by atoms with Gasteiger partial charge in [0, 0.05) is 12.1 Å². The van der Waals surface area contributed by atoms with Gasteiger partial charge >= 0.3 is 5.97 Å². The van der Waals surface area contributed by atoms with Crippen LogP contribution in [0.25, 0.3) is 10.8 Å². The van der Waals surface area contributed by atoms with Crippen LogP contribution in [0.15, 0.2) is 40.1 Å². The van der Waals surface area contributed by atoms with Crippen LogP contribution < -0.4 is 0 Å². The number of non-ortho nitro benzene ring substituents is 1. The number of carbonyl (C=O) groups is 1. The van der Waals surface area contributed by atoms with Crippen LogP contribution >= 0.6 is 22.9 Å². The van der Waals surface area contributed by atoms with Crippen molar-refractivity contribution in [1.82, 2.24) is 10.2 Å². The monoisotopic (exact) mass is 379 g/mol. The summed E-state index contributed by atoms with van der Waals surface area (Å²) in [5, 5.41) is 20.5. The van der Waals surface area contributed by atoms with E-state index in [9.17, 15) is 14.9 Å². The minimum atomic E-state index is -0.843. The van der Waals surface area contributed by atoms with Crippen LogP contribution in [0.5, 0.6) is 0 Å². The first kappa shape index (κ1) is 17.1. The minimum absolute atomic E-state index is 0.0487. The summed E-state index contributed by atoms with van der Waals surface area (Å²) in [5.74, 6) is -0.392. The Morgan fingerprint density at radius 2 is 2.20 bits per heavy atom. The number of halogens is 1. The van der Waals surface area contributed by atoms with Crippen LogP contribution in [0, 0.1) is 10.1 Å². The molecule has 8 nitrogen and oxygen atoms in total. The topological polar surface area (TPSA) is 108 Å². The van der Waals surface area contributed by atoms with Crippen molar-refractivity contribution in [1.29, 1.82) is 0 Å². The molecule has 1 atom stereocenters. The number of aromatic nitrogens is 2. The summed E-state index contributed by atoms with van der Waals surface area (Å²) >= 11 is 7.36. The Balaban J connectivity index is 1.77. The maximum Gasteiger partial charge on any atom is 0.340 e. The maximum atomic E-state index is 12.2. The van der Waals surface area contributed by atoms with E-state index >= 15 is 0 Å². The average Bonchev–Trinajstić information content (AvgIpc) is 3.26. The zero-order chi connectivity index (χ0) is 18.0. The lowest BCUT2D eigenvalue weighted by Crippen LogP contribution is -2.10. The normalized spacial score (nSPS) is 11.9. The van der Waals surface area contributed by atoms with Crippen molar-refractivity contribution in [2.45, 2.75) is 13.0 Å². The van der Waals surface area contributed by atoms with Gasteiger partial charge in [0.05, 0.1) is 20.4 Å². The van der Waals surface area contributed by atoms with E-state index in [1.165, 1.54) is 23.5 Å². The van der Waals surface area contributed by atoms with Crippen LogP contribution in [0.4, 0.5) is 5.69 Å². The Morgan fingerprint density at radius 3 is 2.88 bits per heavy atom. The second-order valence-corrected chi connectivity index (χ2v) is 6.25.